The van der Waals surface area contributed by atoms with Gasteiger partial charge in [0.05, 0.1) is 7.11 Å². The number of nitrogens with zero attached hydrogens (tertiary/aromatic N) is 1. The van der Waals surface area contributed by atoms with Gasteiger partial charge in [-0.1, -0.05) is 6.07 Å². The SMILES string of the molecule is CCNC(=O)COc1ccc(CNCC2CCCN(C(C)C)C2)cc1OC. The van der Waals surface area contributed by atoms with E-state index in [1.54, 1.807) is 7.11 Å². The Labute approximate surface area is 163 Å². The number of ether oxygens (including phenoxy) is 2. The molecule has 27 heavy (non-hydrogen) atoms. The van der Waals surface area contributed by atoms with Gasteiger partial charge in [-0.15, -0.1) is 0 Å². The average molecular weight is 378 g/mol. The fraction of sp³-hybridized carbons (Fsp3) is 0.667. The van der Waals surface area contributed by atoms with E-state index in [-0.39, 0.29) is 12.5 Å². The fourth-order valence-electron chi connectivity index (χ4n) is 3.49. The Hall–Kier alpha value is -1.79. The van der Waals surface area contributed by atoms with Crippen LogP contribution in [0.25, 0.3) is 0 Å². The molecule has 1 aromatic carbocycles. The van der Waals surface area contributed by atoms with E-state index in [9.17, 15) is 4.79 Å². The first-order valence-corrected chi connectivity index (χ1v) is 10.0. The topological polar surface area (TPSA) is 62.8 Å². The van der Waals surface area contributed by atoms with Crippen molar-refractivity contribution in [3.8, 4) is 11.5 Å². The lowest BCUT2D eigenvalue weighted by atomic mass is 9.97. The molecule has 2 rings (SSSR count). The van der Waals surface area contributed by atoms with E-state index in [1.165, 1.54) is 25.9 Å². The van der Waals surface area contributed by atoms with Crippen LogP contribution in [0.2, 0.25) is 0 Å². The number of hydrogen-bond donors (Lipinski definition) is 2. The summed E-state index contributed by atoms with van der Waals surface area (Å²) in [6, 6.07) is 6.49. The van der Waals surface area contributed by atoms with Gasteiger partial charge in [0.1, 0.15) is 0 Å². The van der Waals surface area contributed by atoms with Crippen LogP contribution < -0.4 is 20.1 Å². The number of piperidine rings is 1. The van der Waals surface area contributed by atoms with E-state index in [0.29, 0.717) is 30.0 Å². The highest BCUT2D eigenvalue weighted by atomic mass is 16.5. The molecule has 0 bridgehead atoms. The second kappa shape index (κ2) is 11.1. The van der Waals surface area contributed by atoms with Crippen LogP contribution in [0.1, 0.15) is 39.2 Å². The van der Waals surface area contributed by atoms with Crippen LogP contribution in [0, 0.1) is 5.92 Å². The molecule has 0 spiro atoms. The summed E-state index contributed by atoms with van der Waals surface area (Å²) in [4.78, 5) is 14.1. The third kappa shape index (κ3) is 7.03. The molecule has 1 fully saturated rings. The molecule has 2 N–H and O–H groups in total. The van der Waals surface area contributed by atoms with Gasteiger partial charge in [-0.2, -0.15) is 0 Å². The predicted octanol–water partition coefficient (Wildman–Crippen LogP) is 2.42. The molecule has 1 saturated heterocycles. The van der Waals surface area contributed by atoms with E-state index >= 15 is 0 Å². The van der Waals surface area contributed by atoms with Crippen molar-refractivity contribution in [3.63, 3.8) is 0 Å². The van der Waals surface area contributed by atoms with Crippen LogP contribution in [0.15, 0.2) is 18.2 Å². The quantitative estimate of drug-likeness (QED) is 0.656. The van der Waals surface area contributed by atoms with Crippen molar-refractivity contribution in [1.29, 1.82) is 0 Å². The summed E-state index contributed by atoms with van der Waals surface area (Å²) >= 11 is 0. The van der Waals surface area contributed by atoms with Crippen LogP contribution in [-0.4, -0.2) is 56.7 Å². The molecule has 1 aliphatic rings. The third-order valence-electron chi connectivity index (χ3n) is 5.00. The van der Waals surface area contributed by atoms with Crippen LogP contribution in [-0.2, 0) is 11.3 Å². The second-order valence-corrected chi connectivity index (χ2v) is 7.46. The molecule has 0 aromatic heterocycles. The van der Waals surface area contributed by atoms with E-state index in [0.717, 1.165) is 18.7 Å². The van der Waals surface area contributed by atoms with Crippen LogP contribution >= 0.6 is 0 Å². The Morgan fingerprint density at radius 1 is 1.33 bits per heavy atom. The molecule has 152 valence electrons. The van der Waals surface area contributed by atoms with Gasteiger partial charge in [0, 0.05) is 25.7 Å². The molecular weight excluding hydrogens is 342 g/mol. The number of amides is 1. The molecule has 1 atom stereocenters. The molecule has 0 aliphatic carbocycles. The van der Waals surface area contributed by atoms with Crippen molar-refractivity contribution >= 4 is 5.91 Å². The zero-order chi connectivity index (χ0) is 19.6. The van der Waals surface area contributed by atoms with Gasteiger partial charge in [-0.3, -0.25) is 4.79 Å². The molecule has 1 heterocycles. The number of likely N-dealkylation sites (N-methyl/N-ethyl adjacent to an activating group) is 1. The molecule has 1 unspecified atom stereocenters. The summed E-state index contributed by atoms with van der Waals surface area (Å²) in [6.07, 6.45) is 2.59. The summed E-state index contributed by atoms with van der Waals surface area (Å²) in [5.74, 6) is 1.82. The minimum absolute atomic E-state index is 0.00414. The first kappa shape index (κ1) is 21.5. The summed E-state index contributed by atoms with van der Waals surface area (Å²) < 4.78 is 11.0. The van der Waals surface area contributed by atoms with Gasteiger partial charge in [-0.05, 0) is 70.3 Å². The lowest BCUT2D eigenvalue weighted by molar-refractivity contribution is -0.123. The Bertz CT molecular complexity index is 592. The van der Waals surface area contributed by atoms with Gasteiger partial charge in [0.25, 0.3) is 5.91 Å². The number of benzene rings is 1. The van der Waals surface area contributed by atoms with Crippen molar-refractivity contribution in [1.82, 2.24) is 15.5 Å². The normalized spacial score (nSPS) is 17.7. The number of carbonyl (C=O) groups is 1. The Morgan fingerprint density at radius 2 is 2.15 bits per heavy atom. The summed E-state index contributed by atoms with van der Waals surface area (Å²) in [7, 11) is 1.62. The average Bonchev–Trinajstić information content (AvgIpc) is 2.67. The maximum Gasteiger partial charge on any atom is 0.257 e. The number of likely N-dealkylation sites (tertiary alicyclic amines) is 1. The largest absolute Gasteiger partial charge is 0.493 e. The summed E-state index contributed by atoms with van der Waals surface area (Å²) in [5, 5.41) is 6.30. The number of nitrogens with one attached hydrogen (secondary N) is 2. The first-order valence-electron chi connectivity index (χ1n) is 10.0. The molecule has 1 amide bonds. The monoisotopic (exact) mass is 377 g/mol. The summed E-state index contributed by atoms with van der Waals surface area (Å²) in [5.41, 5.74) is 1.15. The minimum Gasteiger partial charge on any atom is -0.493 e. The fourth-order valence-corrected chi connectivity index (χ4v) is 3.49. The highest BCUT2D eigenvalue weighted by Gasteiger charge is 2.21. The summed E-state index contributed by atoms with van der Waals surface area (Å²) in [6.45, 7) is 11.3. The third-order valence-corrected chi connectivity index (χ3v) is 5.00. The van der Waals surface area contributed by atoms with E-state index in [1.807, 2.05) is 25.1 Å². The number of rotatable bonds is 10. The molecular formula is C21H35N3O3. The molecule has 1 aliphatic heterocycles. The zero-order valence-corrected chi connectivity index (χ0v) is 17.2. The Kier molecular flexibility index (Phi) is 8.88. The van der Waals surface area contributed by atoms with Crippen molar-refractivity contribution in [2.75, 3.05) is 39.9 Å². The maximum absolute atomic E-state index is 11.5. The highest BCUT2D eigenvalue weighted by molar-refractivity contribution is 5.77. The number of carbonyl (C=O) groups excluding carboxylic acids is 1. The molecule has 1 aromatic rings. The predicted molar refractivity (Wildman–Crippen MR) is 108 cm³/mol. The lowest BCUT2D eigenvalue weighted by Gasteiger charge is -2.35. The lowest BCUT2D eigenvalue weighted by Crippen LogP contribution is -2.42. The highest BCUT2D eigenvalue weighted by Crippen LogP contribution is 2.28. The first-order chi connectivity index (χ1) is 13.0. The number of methoxy groups -OCH3 is 1. The van der Waals surface area contributed by atoms with Crippen molar-refractivity contribution in [2.24, 2.45) is 5.92 Å². The van der Waals surface area contributed by atoms with E-state index in [2.05, 4.69) is 29.4 Å². The molecule has 6 nitrogen and oxygen atoms in total. The van der Waals surface area contributed by atoms with Gasteiger partial charge in [0.15, 0.2) is 18.1 Å². The Morgan fingerprint density at radius 3 is 2.85 bits per heavy atom. The van der Waals surface area contributed by atoms with Crippen LogP contribution in [0.4, 0.5) is 0 Å². The smallest absolute Gasteiger partial charge is 0.257 e. The van der Waals surface area contributed by atoms with Crippen LogP contribution in [0.3, 0.4) is 0 Å². The maximum atomic E-state index is 11.5. The van der Waals surface area contributed by atoms with Crippen molar-refractivity contribution < 1.29 is 14.3 Å². The number of hydrogen-bond acceptors (Lipinski definition) is 5. The van der Waals surface area contributed by atoms with E-state index < -0.39 is 0 Å². The van der Waals surface area contributed by atoms with Gasteiger partial charge < -0.3 is 25.0 Å². The zero-order valence-electron chi connectivity index (χ0n) is 17.2. The van der Waals surface area contributed by atoms with E-state index in [4.69, 9.17) is 9.47 Å². The van der Waals surface area contributed by atoms with Crippen molar-refractivity contribution in [2.45, 2.75) is 46.2 Å². The van der Waals surface area contributed by atoms with Gasteiger partial charge in [0.2, 0.25) is 0 Å². The molecule has 6 heteroatoms. The minimum atomic E-state index is -0.131. The van der Waals surface area contributed by atoms with Gasteiger partial charge >= 0.3 is 0 Å². The standard InChI is InChI=1S/C21H35N3O3/c1-5-23-21(25)15-27-19-9-8-17(11-20(19)26-4)12-22-13-18-7-6-10-24(14-18)16(2)3/h8-9,11,16,18,22H,5-7,10,12-15H2,1-4H3,(H,23,25). The second-order valence-electron chi connectivity index (χ2n) is 7.46. The van der Waals surface area contributed by atoms with Crippen molar-refractivity contribution in [3.05, 3.63) is 23.8 Å². The van der Waals surface area contributed by atoms with Crippen LogP contribution in [0.5, 0.6) is 11.5 Å². The molecule has 0 radical (unpaired) electrons. The molecule has 0 saturated carbocycles. The Balaban J connectivity index is 1.82. The van der Waals surface area contributed by atoms with Gasteiger partial charge in [-0.25, -0.2) is 0 Å².